The standard InChI is InChI=1S/C8H9N3OS/c1-2-12-6-4-3-5-7(11-6)13-8(9)10-5/h3-4H,2H2,1H3,(H2,9,10). The molecular weight excluding hydrogens is 186 g/mol. The molecular formula is C8H9N3OS. The van der Waals surface area contributed by atoms with Crippen LogP contribution in [0.15, 0.2) is 12.1 Å². The van der Waals surface area contributed by atoms with Gasteiger partial charge in [-0.05, 0) is 13.0 Å². The van der Waals surface area contributed by atoms with Gasteiger partial charge < -0.3 is 10.5 Å². The number of anilines is 1. The molecule has 0 atom stereocenters. The first-order valence-corrected chi connectivity index (χ1v) is 4.77. The summed E-state index contributed by atoms with van der Waals surface area (Å²) < 4.78 is 5.25. The zero-order valence-electron chi connectivity index (χ0n) is 7.15. The second-order valence-electron chi connectivity index (χ2n) is 2.46. The molecule has 0 unspecified atom stereocenters. The summed E-state index contributed by atoms with van der Waals surface area (Å²) >= 11 is 1.37. The summed E-state index contributed by atoms with van der Waals surface area (Å²) in [5.74, 6) is 0.624. The van der Waals surface area contributed by atoms with Crippen molar-refractivity contribution in [3.63, 3.8) is 0 Å². The third kappa shape index (κ3) is 1.55. The number of hydrogen-bond acceptors (Lipinski definition) is 5. The summed E-state index contributed by atoms with van der Waals surface area (Å²) in [4.78, 5) is 9.15. The highest BCUT2D eigenvalue weighted by molar-refractivity contribution is 7.21. The highest BCUT2D eigenvalue weighted by Crippen LogP contribution is 2.23. The van der Waals surface area contributed by atoms with Crippen molar-refractivity contribution in [1.29, 1.82) is 0 Å². The molecule has 0 aliphatic carbocycles. The van der Waals surface area contributed by atoms with Crippen LogP contribution < -0.4 is 10.5 Å². The maximum absolute atomic E-state index is 5.54. The predicted octanol–water partition coefficient (Wildman–Crippen LogP) is 1.67. The summed E-state index contributed by atoms with van der Waals surface area (Å²) in [6, 6.07) is 3.66. The molecule has 0 fully saturated rings. The SMILES string of the molecule is CCOc1ccc2nc(N)sc2n1. The van der Waals surface area contributed by atoms with Crippen molar-refractivity contribution in [2.24, 2.45) is 0 Å². The van der Waals surface area contributed by atoms with Crippen molar-refractivity contribution < 1.29 is 4.74 Å². The maximum Gasteiger partial charge on any atom is 0.214 e. The number of aromatic nitrogens is 2. The summed E-state index contributed by atoms with van der Waals surface area (Å²) in [5.41, 5.74) is 6.37. The molecule has 0 radical (unpaired) electrons. The van der Waals surface area contributed by atoms with Crippen molar-refractivity contribution >= 4 is 26.8 Å². The maximum atomic E-state index is 5.54. The van der Waals surface area contributed by atoms with Gasteiger partial charge in [0.25, 0.3) is 0 Å². The number of thiazole rings is 1. The average molecular weight is 195 g/mol. The Morgan fingerprint density at radius 2 is 2.31 bits per heavy atom. The molecule has 2 heterocycles. The third-order valence-electron chi connectivity index (χ3n) is 1.54. The number of hydrogen-bond donors (Lipinski definition) is 1. The number of rotatable bonds is 2. The lowest BCUT2D eigenvalue weighted by atomic mass is 10.4. The summed E-state index contributed by atoms with van der Waals surface area (Å²) in [6.07, 6.45) is 0. The van der Waals surface area contributed by atoms with Crippen LogP contribution in [0.4, 0.5) is 5.13 Å². The van der Waals surface area contributed by atoms with Gasteiger partial charge in [-0.15, -0.1) is 0 Å². The van der Waals surface area contributed by atoms with Crippen LogP contribution in [0.3, 0.4) is 0 Å². The molecule has 0 amide bonds. The van der Waals surface area contributed by atoms with E-state index in [2.05, 4.69) is 9.97 Å². The topological polar surface area (TPSA) is 61.0 Å². The fourth-order valence-corrected chi connectivity index (χ4v) is 1.74. The minimum atomic E-state index is 0.538. The number of nitrogens with zero attached hydrogens (tertiary/aromatic N) is 2. The van der Waals surface area contributed by atoms with Crippen molar-refractivity contribution in [2.75, 3.05) is 12.3 Å². The van der Waals surface area contributed by atoms with Crippen molar-refractivity contribution in [2.45, 2.75) is 6.92 Å². The van der Waals surface area contributed by atoms with E-state index in [0.717, 1.165) is 10.3 Å². The Bertz CT molecular complexity index is 426. The van der Waals surface area contributed by atoms with E-state index in [1.165, 1.54) is 11.3 Å². The molecule has 2 N–H and O–H groups in total. The Labute approximate surface area is 79.4 Å². The lowest BCUT2D eigenvalue weighted by molar-refractivity contribution is 0.328. The first kappa shape index (κ1) is 8.25. The fourth-order valence-electron chi connectivity index (χ4n) is 1.05. The molecule has 5 heteroatoms. The van der Waals surface area contributed by atoms with Crippen molar-refractivity contribution in [1.82, 2.24) is 9.97 Å². The van der Waals surface area contributed by atoms with Crippen LogP contribution in [0.5, 0.6) is 5.88 Å². The number of ether oxygens (including phenoxy) is 1. The average Bonchev–Trinajstić information content (AvgIpc) is 2.44. The Morgan fingerprint density at radius 1 is 1.46 bits per heavy atom. The third-order valence-corrected chi connectivity index (χ3v) is 2.33. The van der Waals surface area contributed by atoms with E-state index in [9.17, 15) is 0 Å². The zero-order valence-corrected chi connectivity index (χ0v) is 7.97. The van der Waals surface area contributed by atoms with Gasteiger partial charge in [0.15, 0.2) is 5.13 Å². The summed E-state index contributed by atoms with van der Waals surface area (Å²) in [7, 11) is 0. The second-order valence-corrected chi connectivity index (χ2v) is 3.47. The highest BCUT2D eigenvalue weighted by Gasteiger charge is 2.03. The molecule has 2 rings (SSSR count). The van der Waals surface area contributed by atoms with Crippen LogP contribution >= 0.6 is 11.3 Å². The van der Waals surface area contributed by atoms with Crippen molar-refractivity contribution in [3.05, 3.63) is 12.1 Å². The Balaban J connectivity index is 2.48. The number of fused-ring (bicyclic) bond motifs is 1. The Kier molecular flexibility index (Phi) is 2.02. The Morgan fingerprint density at radius 3 is 3.08 bits per heavy atom. The first-order valence-electron chi connectivity index (χ1n) is 3.95. The quantitative estimate of drug-likeness (QED) is 0.791. The molecule has 0 spiro atoms. The van der Waals surface area contributed by atoms with E-state index in [1.807, 2.05) is 13.0 Å². The van der Waals surface area contributed by atoms with Gasteiger partial charge in [-0.25, -0.2) is 9.97 Å². The number of nitrogen functional groups attached to an aromatic ring is 1. The van der Waals surface area contributed by atoms with Crippen LogP contribution in [-0.2, 0) is 0 Å². The van der Waals surface area contributed by atoms with Gasteiger partial charge in [-0.2, -0.15) is 0 Å². The largest absolute Gasteiger partial charge is 0.478 e. The van der Waals surface area contributed by atoms with Crippen LogP contribution in [0.2, 0.25) is 0 Å². The van der Waals surface area contributed by atoms with Crippen molar-refractivity contribution in [3.8, 4) is 5.88 Å². The molecule has 13 heavy (non-hydrogen) atoms. The Hall–Kier alpha value is -1.36. The van der Waals surface area contributed by atoms with Crippen LogP contribution in [0.25, 0.3) is 10.3 Å². The number of nitrogens with two attached hydrogens (primary N) is 1. The lowest BCUT2D eigenvalue weighted by Gasteiger charge is -1.99. The smallest absolute Gasteiger partial charge is 0.214 e. The van der Waals surface area contributed by atoms with E-state index >= 15 is 0 Å². The molecule has 68 valence electrons. The summed E-state index contributed by atoms with van der Waals surface area (Å²) in [6.45, 7) is 2.54. The molecule has 2 aromatic heterocycles. The lowest BCUT2D eigenvalue weighted by Crippen LogP contribution is -1.93. The fraction of sp³-hybridized carbons (Fsp3) is 0.250. The van der Waals surface area contributed by atoms with E-state index in [4.69, 9.17) is 10.5 Å². The van der Waals surface area contributed by atoms with Gasteiger partial charge in [0.1, 0.15) is 10.3 Å². The minimum Gasteiger partial charge on any atom is -0.478 e. The van der Waals surface area contributed by atoms with Gasteiger partial charge in [-0.3, -0.25) is 0 Å². The molecule has 0 aliphatic rings. The van der Waals surface area contributed by atoms with E-state index in [-0.39, 0.29) is 0 Å². The molecule has 0 saturated heterocycles. The molecule has 0 aromatic carbocycles. The van der Waals surface area contributed by atoms with E-state index in [1.54, 1.807) is 6.07 Å². The molecule has 2 aromatic rings. The molecule has 0 saturated carbocycles. The zero-order chi connectivity index (χ0) is 9.26. The number of pyridine rings is 1. The monoisotopic (exact) mass is 195 g/mol. The van der Waals surface area contributed by atoms with Gasteiger partial charge >= 0.3 is 0 Å². The van der Waals surface area contributed by atoms with Gasteiger partial charge in [0.2, 0.25) is 5.88 Å². The van der Waals surface area contributed by atoms with Gasteiger partial charge in [-0.1, -0.05) is 11.3 Å². The normalized spacial score (nSPS) is 10.5. The van der Waals surface area contributed by atoms with Gasteiger partial charge in [0.05, 0.1) is 6.61 Å². The summed E-state index contributed by atoms with van der Waals surface area (Å²) in [5, 5.41) is 0.538. The molecule has 4 nitrogen and oxygen atoms in total. The van der Waals surface area contributed by atoms with Gasteiger partial charge in [0, 0.05) is 6.07 Å². The highest BCUT2D eigenvalue weighted by atomic mass is 32.1. The predicted molar refractivity (Wildman–Crippen MR) is 53.0 cm³/mol. The first-order chi connectivity index (χ1) is 6.29. The van der Waals surface area contributed by atoms with E-state index < -0.39 is 0 Å². The molecule has 0 bridgehead atoms. The van der Waals surface area contributed by atoms with Crippen LogP contribution in [0.1, 0.15) is 6.92 Å². The minimum absolute atomic E-state index is 0.538. The van der Waals surface area contributed by atoms with Crippen LogP contribution in [0, 0.1) is 0 Å². The molecule has 0 aliphatic heterocycles. The van der Waals surface area contributed by atoms with Crippen LogP contribution in [-0.4, -0.2) is 16.6 Å². The van der Waals surface area contributed by atoms with E-state index in [0.29, 0.717) is 17.6 Å². The second kappa shape index (κ2) is 3.18.